The van der Waals surface area contributed by atoms with E-state index in [1.54, 1.807) is 7.05 Å². The second-order valence-electron chi connectivity index (χ2n) is 3.21. The molecule has 0 aromatic carbocycles. The third-order valence-corrected chi connectivity index (χ3v) is 1.84. The highest BCUT2D eigenvalue weighted by molar-refractivity contribution is 6.28. The van der Waals surface area contributed by atoms with Crippen molar-refractivity contribution in [3.05, 3.63) is 0 Å². The Hall–Kier alpha value is -0.810. The molecule has 0 spiro atoms. The second kappa shape index (κ2) is 6.62. The van der Waals surface area contributed by atoms with E-state index in [1.807, 2.05) is 19.0 Å². The fraction of sp³-hybridized carbons (Fsp3) is 0.750. The van der Waals surface area contributed by atoms with Crippen molar-refractivity contribution in [3.63, 3.8) is 0 Å². The quantitative estimate of drug-likeness (QED) is 0.678. The number of amides is 3. The van der Waals surface area contributed by atoms with Crippen molar-refractivity contribution < 1.29 is 9.59 Å². The van der Waals surface area contributed by atoms with Crippen molar-refractivity contribution >= 4 is 23.5 Å². The maximum absolute atomic E-state index is 11.2. The summed E-state index contributed by atoms with van der Waals surface area (Å²) in [7, 11) is 5.45. The topological polar surface area (TPSA) is 52.6 Å². The summed E-state index contributed by atoms with van der Waals surface area (Å²) in [5.41, 5.74) is 0. The van der Waals surface area contributed by atoms with Crippen LogP contribution in [0.25, 0.3) is 0 Å². The van der Waals surface area contributed by atoms with Gasteiger partial charge in [0.1, 0.15) is 5.88 Å². The van der Waals surface area contributed by atoms with Gasteiger partial charge in [0.05, 0.1) is 0 Å². The number of nitrogens with zero attached hydrogens (tertiary/aromatic N) is 2. The van der Waals surface area contributed by atoms with Crippen LogP contribution in [0.15, 0.2) is 0 Å². The first-order valence-electron chi connectivity index (χ1n) is 4.23. The molecule has 0 atom stereocenters. The first-order chi connectivity index (χ1) is 6.47. The largest absolute Gasteiger partial charge is 0.326 e. The number of imide groups is 1. The Morgan fingerprint density at radius 3 is 2.21 bits per heavy atom. The molecular weight excluding hydrogens is 206 g/mol. The SMILES string of the molecule is CN(C)CCN(C)C(=O)NC(=O)CCl. The predicted octanol–water partition coefficient (Wildman–Crippen LogP) is -0.0452. The van der Waals surface area contributed by atoms with Gasteiger partial charge in [0, 0.05) is 20.1 Å². The highest BCUT2D eigenvalue weighted by Gasteiger charge is 2.11. The molecule has 0 aliphatic heterocycles. The molecule has 0 saturated heterocycles. The zero-order valence-electron chi connectivity index (χ0n) is 8.71. The third-order valence-electron chi connectivity index (χ3n) is 1.60. The van der Waals surface area contributed by atoms with Crippen LogP contribution in [0.1, 0.15) is 0 Å². The van der Waals surface area contributed by atoms with E-state index in [4.69, 9.17) is 11.6 Å². The van der Waals surface area contributed by atoms with E-state index in [0.717, 1.165) is 6.54 Å². The number of nitrogens with one attached hydrogen (secondary N) is 1. The summed E-state index contributed by atoms with van der Waals surface area (Å²) >= 11 is 5.24. The van der Waals surface area contributed by atoms with Crippen molar-refractivity contribution in [3.8, 4) is 0 Å². The zero-order valence-corrected chi connectivity index (χ0v) is 9.47. The molecule has 0 aromatic heterocycles. The molecule has 0 fully saturated rings. The van der Waals surface area contributed by atoms with E-state index >= 15 is 0 Å². The molecule has 5 nitrogen and oxygen atoms in total. The van der Waals surface area contributed by atoms with Gasteiger partial charge in [0.15, 0.2) is 0 Å². The first kappa shape index (κ1) is 13.2. The summed E-state index contributed by atoms with van der Waals surface area (Å²) < 4.78 is 0. The van der Waals surface area contributed by atoms with E-state index in [0.29, 0.717) is 6.54 Å². The zero-order chi connectivity index (χ0) is 11.1. The van der Waals surface area contributed by atoms with Gasteiger partial charge in [-0.25, -0.2) is 4.79 Å². The standard InChI is InChI=1S/C8H16ClN3O2/c1-11(2)4-5-12(3)8(14)10-7(13)6-9/h4-6H2,1-3H3,(H,10,13,14). The summed E-state index contributed by atoms with van der Waals surface area (Å²) in [5.74, 6) is -0.679. The van der Waals surface area contributed by atoms with Crippen LogP contribution in [0.4, 0.5) is 4.79 Å². The van der Waals surface area contributed by atoms with Crippen LogP contribution in [0, 0.1) is 0 Å². The van der Waals surface area contributed by atoms with Gasteiger partial charge in [-0.2, -0.15) is 0 Å². The Morgan fingerprint density at radius 1 is 1.21 bits per heavy atom. The van der Waals surface area contributed by atoms with E-state index in [2.05, 4.69) is 5.32 Å². The number of urea groups is 1. The summed E-state index contributed by atoms with van der Waals surface area (Å²) in [4.78, 5) is 25.4. The maximum Gasteiger partial charge on any atom is 0.323 e. The molecule has 6 heteroatoms. The molecule has 0 rings (SSSR count). The number of rotatable bonds is 4. The van der Waals surface area contributed by atoms with E-state index in [-0.39, 0.29) is 5.88 Å². The van der Waals surface area contributed by atoms with E-state index in [9.17, 15) is 9.59 Å². The normalized spacial score (nSPS) is 10.1. The van der Waals surface area contributed by atoms with Gasteiger partial charge in [-0.15, -0.1) is 11.6 Å². The molecule has 0 aliphatic carbocycles. The molecule has 0 bridgehead atoms. The molecule has 1 N–H and O–H groups in total. The Kier molecular flexibility index (Phi) is 6.23. The monoisotopic (exact) mass is 221 g/mol. The van der Waals surface area contributed by atoms with Gasteiger partial charge in [-0.1, -0.05) is 0 Å². The third kappa shape index (κ3) is 5.77. The maximum atomic E-state index is 11.2. The number of carbonyl (C=O) groups is 2. The molecule has 14 heavy (non-hydrogen) atoms. The number of likely N-dealkylation sites (N-methyl/N-ethyl adjacent to an activating group) is 2. The van der Waals surface area contributed by atoms with Crippen LogP contribution >= 0.6 is 11.6 Å². The van der Waals surface area contributed by atoms with Crippen molar-refractivity contribution in [2.24, 2.45) is 0 Å². The minimum atomic E-state index is -0.478. The van der Waals surface area contributed by atoms with Crippen LogP contribution in [0.5, 0.6) is 0 Å². The molecular formula is C8H16ClN3O2. The van der Waals surface area contributed by atoms with Gasteiger partial charge in [-0.3, -0.25) is 10.1 Å². The van der Waals surface area contributed by atoms with E-state index in [1.165, 1.54) is 4.90 Å². The van der Waals surface area contributed by atoms with Gasteiger partial charge in [-0.05, 0) is 14.1 Å². The molecule has 0 heterocycles. The molecule has 0 aromatic rings. The van der Waals surface area contributed by atoms with E-state index < -0.39 is 11.9 Å². The fourth-order valence-electron chi connectivity index (χ4n) is 0.700. The Balaban J connectivity index is 3.82. The van der Waals surface area contributed by atoms with Crippen LogP contribution in [0.2, 0.25) is 0 Å². The van der Waals surface area contributed by atoms with Crippen LogP contribution in [-0.4, -0.2) is 61.9 Å². The second-order valence-corrected chi connectivity index (χ2v) is 3.48. The lowest BCUT2D eigenvalue weighted by Gasteiger charge is -2.19. The van der Waals surface area contributed by atoms with Crippen molar-refractivity contribution in [2.45, 2.75) is 0 Å². The lowest BCUT2D eigenvalue weighted by molar-refractivity contribution is -0.117. The summed E-state index contributed by atoms with van der Waals surface area (Å²) in [5, 5.41) is 2.15. The molecule has 0 saturated carbocycles. The van der Waals surface area contributed by atoms with Crippen LogP contribution in [-0.2, 0) is 4.79 Å². The Morgan fingerprint density at radius 2 is 1.79 bits per heavy atom. The lowest BCUT2D eigenvalue weighted by atomic mass is 10.5. The first-order valence-corrected chi connectivity index (χ1v) is 4.76. The van der Waals surface area contributed by atoms with Gasteiger partial charge >= 0.3 is 6.03 Å². The molecule has 82 valence electrons. The van der Waals surface area contributed by atoms with Gasteiger partial charge < -0.3 is 9.80 Å². The molecule has 0 unspecified atom stereocenters. The molecule has 3 amide bonds. The van der Waals surface area contributed by atoms with Gasteiger partial charge in [0.25, 0.3) is 0 Å². The number of carbonyl (C=O) groups excluding carboxylic acids is 2. The fourth-order valence-corrected chi connectivity index (χ4v) is 0.766. The summed E-state index contributed by atoms with van der Waals surface area (Å²) in [6.45, 7) is 1.31. The minimum absolute atomic E-state index is 0.201. The average Bonchev–Trinajstić information content (AvgIpc) is 2.13. The summed E-state index contributed by atoms with van der Waals surface area (Å²) in [6.07, 6.45) is 0. The number of halogens is 1. The van der Waals surface area contributed by atoms with Crippen molar-refractivity contribution in [1.29, 1.82) is 0 Å². The smallest absolute Gasteiger partial charge is 0.323 e. The number of hydrogen-bond acceptors (Lipinski definition) is 3. The van der Waals surface area contributed by atoms with Crippen LogP contribution < -0.4 is 5.32 Å². The molecule has 0 aliphatic rings. The number of hydrogen-bond donors (Lipinski definition) is 1. The highest BCUT2D eigenvalue weighted by Crippen LogP contribution is 1.86. The average molecular weight is 222 g/mol. The minimum Gasteiger partial charge on any atom is -0.326 e. The predicted molar refractivity (Wildman–Crippen MR) is 55.4 cm³/mol. The lowest BCUT2D eigenvalue weighted by Crippen LogP contribution is -2.43. The Labute approximate surface area is 89.0 Å². The number of alkyl halides is 1. The van der Waals surface area contributed by atoms with Crippen molar-refractivity contribution in [2.75, 3.05) is 40.1 Å². The summed E-state index contributed by atoms with van der Waals surface area (Å²) in [6, 6.07) is -0.419. The molecule has 0 radical (unpaired) electrons. The Bertz CT molecular complexity index is 209. The van der Waals surface area contributed by atoms with Crippen LogP contribution in [0.3, 0.4) is 0 Å². The highest BCUT2D eigenvalue weighted by atomic mass is 35.5. The van der Waals surface area contributed by atoms with Crippen molar-refractivity contribution in [1.82, 2.24) is 15.1 Å². The van der Waals surface area contributed by atoms with Gasteiger partial charge in [0.2, 0.25) is 5.91 Å².